The van der Waals surface area contributed by atoms with Gasteiger partial charge in [0.25, 0.3) is 5.56 Å². The Labute approximate surface area is 177 Å². The van der Waals surface area contributed by atoms with Gasteiger partial charge < -0.3 is 19.9 Å². The lowest BCUT2D eigenvalue weighted by Gasteiger charge is -2.17. The van der Waals surface area contributed by atoms with Crippen LogP contribution in [0, 0.1) is 11.6 Å². The highest BCUT2D eigenvalue weighted by Gasteiger charge is 2.19. The lowest BCUT2D eigenvalue weighted by Crippen LogP contribution is -2.16. The van der Waals surface area contributed by atoms with E-state index in [4.69, 9.17) is 9.84 Å². The van der Waals surface area contributed by atoms with Crippen LogP contribution in [0.4, 0.5) is 8.78 Å². The van der Waals surface area contributed by atoms with Crippen molar-refractivity contribution in [3.05, 3.63) is 96.9 Å². The van der Waals surface area contributed by atoms with E-state index in [0.717, 1.165) is 12.1 Å². The zero-order valence-electron chi connectivity index (χ0n) is 15.4. The Bertz CT molecular complexity index is 1150. The Morgan fingerprint density at radius 3 is 2.43 bits per heavy atom. The second-order valence-corrected chi connectivity index (χ2v) is 7.21. The van der Waals surface area contributed by atoms with Crippen LogP contribution in [0.15, 0.2) is 51.7 Å². The number of aliphatic hydroxyl groups excluding tert-OH is 1. The summed E-state index contributed by atoms with van der Waals surface area (Å²) in [5.41, 5.74) is 1.01. The number of aromatic nitrogens is 1. The number of aromatic carboxylic acids is 1. The molecule has 0 unspecified atom stereocenters. The fourth-order valence-electron chi connectivity index (χ4n) is 2.87. The molecule has 9 heteroatoms. The molecule has 0 radical (unpaired) electrons. The van der Waals surface area contributed by atoms with Crippen molar-refractivity contribution in [1.82, 2.24) is 4.98 Å². The first kappa shape index (κ1) is 21.7. The molecule has 0 saturated heterocycles. The SMILES string of the molecule is O=C(O)c1ccc(Cc2c(CO)[nH]c(=O)c(Br)c2OCc2ccc(F)cc2F)cc1. The number of hydrogen-bond donors (Lipinski definition) is 3. The van der Waals surface area contributed by atoms with E-state index in [1.165, 1.54) is 18.2 Å². The summed E-state index contributed by atoms with van der Waals surface area (Å²) in [5, 5.41) is 18.7. The highest BCUT2D eigenvalue weighted by atomic mass is 79.9. The van der Waals surface area contributed by atoms with Crippen molar-refractivity contribution in [1.29, 1.82) is 0 Å². The van der Waals surface area contributed by atoms with Gasteiger partial charge in [-0.1, -0.05) is 12.1 Å². The molecule has 156 valence electrons. The molecule has 0 spiro atoms. The van der Waals surface area contributed by atoms with Crippen LogP contribution in [-0.2, 0) is 19.6 Å². The summed E-state index contributed by atoms with van der Waals surface area (Å²) in [4.78, 5) is 25.8. The van der Waals surface area contributed by atoms with Crippen molar-refractivity contribution >= 4 is 21.9 Å². The van der Waals surface area contributed by atoms with Gasteiger partial charge in [-0.05, 0) is 45.8 Å². The van der Waals surface area contributed by atoms with Crippen LogP contribution in [0.5, 0.6) is 5.75 Å². The van der Waals surface area contributed by atoms with Crippen molar-refractivity contribution in [3.63, 3.8) is 0 Å². The molecule has 0 aliphatic rings. The molecular weight excluding hydrogens is 464 g/mol. The lowest BCUT2D eigenvalue weighted by molar-refractivity contribution is 0.0697. The Balaban J connectivity index is 1.97. The third-order valence-corrected chi connectivity index (χ3v) is 5.15. The van der Waals surface area contributed by atoms with E-state index >= 15 is 0 Å². The summed E-state index contributed by atoms with van der Waals surface area (Å²) in [6.07, 6.45) is 0.201. The van der Waals surface area contributed by atoms with E-state index in [1.807, 2.05) is 0 Å². The molecular formula is C21H16BrF2NO5. The second kappa shape index (κ2) is 9.19. The molecule has 1 aromatic heterocycles. The van der Waals surface area contributed by atoms with E-state index in [-0.39, 0.29) is 40.1 Å². The van der Waals surface area contributed by atoms with Crippen LogP contribution in [0.1, 0.15) is 32.7 Å². The number of pyridine rings is 1. The quantitative estimate of drug-likeness (QED) is 0.478. The molecule has 0 fully saturated rings. The van der Waals surface area contributed by atoms with Crippen molar-refractivity contribution in [2.45, 2.75) is 19.6 Å². The van der Waals surface area contributed by atoms with Gasteiger partial charge in [0.1, 0.15) is 28.5 Å². The van der Waals surface area contributed by atoms with E-state index in [1.54, 1.807) is 12.1 Å². The topological polar surface area (TPSA) is 99.6 Å². The number of H-pyrrole nitrogens is 1. The summed E-state index contributed by atoms with van der Waals surface area (Å²) in [7, 11) is 0. The van der Waals surface area contributed by atoms with Gasteiger partial charge in [0.2, 0.25) is 0 Å². The van der Waals surface area contributed by atoms with E-state index in [9.17, 15) is 23.5 Å². The van der Waals surface area contributed by atoms with Crippen LogP contribution >= 0.6 is 15.9 Å². The molecule has 1 heterocycles. The maximum atomic E-state index is 13.9. The molecule has 3 rings (SSSR count). The first-order chi connectivity index (χ1) is 14.3. The van der Waals surface area contributed by atoms with Crippen molar-refractivity contribution in [2.75, 3.05) is 0 Å². The largest absolute Gasteiger partial charge is 0.487 e. The Morgan fingerprint density at radius 2 is 1.83 bits per heavy atom. The highest BCUT2D eigenvalue weighted by Crippen LogP contribution is 2.31. The second-order valence-electron chi connectivity index (χ2n) is 6.42. The summed E-state index contributed by atoms with van der Waals surface area (Å²) < 4.78 is 32.8. The number of aliphatic hydroxyl groups is 1. The minimum absolute atomic E-state index is 0.0550. The number of carbonyl (C=O) groups is 1. The first-order valence-electron chi connectivity index (χ1n) is 8.73. The van der Waals surface area contributed by atoms with Crippen LogP contribution in [0.25, 0.3) is 0 Å². The molecule has 3 aromatic rings. The summed E-state index contributed by atoms with van der Waals surface area (Å²) in [6.45, 7) is -0.754. The smallest absolute Gasteiger partial charge is 0.335 e. The molecule has 0 aliphatic heterocycles. The lowest BCUT2D eigenvalue weighted by atomic mass is 10.0. The zero-order valence-corrected chi connectivity index (χ0v) is 17.0. The van der Waals surface area contributed by atoms with Crippen LogP contribution in [0.3, 0.4) is 0 Å². The predicted octanol–water partition coefficient (Wildman–Crippen LogP) is 3.78. The van der Waals surface area contributed by atoms with Crippen LogP contribution in [-0.4, -0.2) is 21.2 Å². The van der Waals surface area contributed by atoms with E-state index in [2.05, 4.69) is 20.9 Å². The van der Waals surface area contributed by atoms with E-state index in [0.29, 0.717) is 11.1 Å². The number of carboxylic acid groups (broad SMARTS) is 1. The maximum absolute atomic E-state index is 13.9. The molecule has 6 nitrogen and oxygen atoms in total. The van der Waals surface area contributed by atoms with Gasteiger partial charge in [0.05, 0.1) is 17.9 Å². The Kier molecular flexibility index (Phi) is 6.63. The van der Waals surface area contributed by atoms with Crippen molar-refractivity contribution in [2.24, 2.45) is 0 Å². The van der Waals surface area contributed by atoms with Crippen LogP contribution < -0.4 is 10.3 Å². The average Bonchev–Trinajstić information content (AvgIpc) is 2.71. The summed E-state index contributed by atoms with van der Waals surface area (Å²) >= 11 is 3.16. The molecule has 0 saturated carbocycles. The number of aromatic amines is 1. The number of carboxylic acids is 1. The van der Waals surface area contributed by atoms with Gasteiger partial charge in [-0.15, -0.1) is 0 Å². The molecule has 3 N–H and O–H groups in total. The molecule has 0 atom stereocenters. The maximum Gasteiger partial charge on any atom is 0.335 e. The van der Waals surface area contributed by atoms with Gasteiger partial charge in [0, 0.05) is 23.6 Å². The minimum atomic E-state index is -1.06. The number of ether oxygens (including phenoxy) is 1. The number of hydrogen-bond acceptors (Lipinski definition) is 4. The van der Waals surface area contributed by atoms with Crippen molar-refractivity contribution in [3.8, 4) is 5.75 Å². The third-order valence-electron chi connectivity index (χ3n) is 4.43. The summed E-state index contributed by atoms with van der Waals surface area (Å²) in [5.74, 6) is -2.46. The van der Waals surface area contributed by atoms with Gasteiger partial charge in [0.15, 0.2) is 0 Å². The van der Waals surface area contributed by atoms with Crippen molar-refractivity contribution < 1.29 is 28.5 Å². The zero-order chi connectivity index (χ0) is 21.8. The Morgan fingerprint density at radius 1 is 1.13 bits per heavy atom. The molecule has 0 aliphatic carbocycles. The van der Waals surface area contributed by atoms with E-state index < -0.39 is 29.8 Å². The standard InChI is InChI=1S/C21H16BrF2NO5/c22-18-19(30-10-13-5-6-14(23)8-16(13)24)15(17(9-26)25-20(18)27)7-11-1-3-12(4-2-11)21(28)29/h1-6,8,26H,7,9-10H2,(H,25,27)(H,28,29). The molecule has 0 amide bonds. The number of nitrogens with one attached hydrogen (secondary N) is 1. The highest BCUT2D eigenvalue weighted by molar-refractivity contribution is 9.10. The third kappa shape index (κ3) is 4.74. The molecule has 30 heavy (non-hydrogen) atoms. The molecule has 2 aromatic carbocycles. The fourth-order valence-corrected chi connectivity index (χ4v) is 3.32. The molecule has 0 bridgehead atoms. The van der Waals surface area contributed by atoms with Gasteiger partial charge in [-0.25, -0.2) is 13.6 Å². The monoisotopic (exact) mass is 479 g/mol. The number of rotatable bonds is 7. The normalized spacial score (nSPS) is 10.8. The van der Waals surface area contributed by atoms with Gasteiger partial charge in [-0.3, -0.25) is 4.79 Å². The summed E-state index contributed by atoms with van der Waals surface area (Å²) in [6, 6.07) is 9.15. The number of halogens is 3. The predicted molar refractivity (Wildman–Crippen MR) is 108 cm³/mol. The minimum Gasteiger partial charge on any atom is -0.487 e. The first-order valence-corrected chi connectivity index (χ1v) is 9.52. The average molecular weight is 480 g/mol. The van der Waals surface area contributed by atoms with Gasteiger partial charge >= 0.3 is 5.97 Å². The van der Waals surface area contributed by atoms with Gasteiger partial charge in [-0.2, -0.15) is 0 Å². The number of benzene rings is 2. The Hall–Kier alpha value is -3.04. The fraction of sp³-hybridized carbons (Fsp3) is 0.143. The van der Waals surface area contributed by atoms with Crippen LogP contribution in [0.2, 0.25) is 0 Å².